The molecule has 0 aliphatic carbocycles. The van der Waals surface area contributed by atoms with E-state index in [9.17, 15) is 27.2 Å². The first-order valence-corrected chi connectivity index (χ1v) is 21.2. The number of aryl methyl sites for hydroxylation is 2. The van der Waals surface area contributed by atoms with Crippen molar-refractivity contribution < 1.29 is 31.9 Å². The Hall–Kier alpha value is -2.56. The summed E-state index contributed by atoms with van der Waals surface area (Å²) < 4.78 is 64.8. The van der Waals surface area contributed by atoms with Crippen LogP contribution in [0.3, 0.4) is 0 Å². The minimum Gasteiger partial charge on any atom is -0.379 e. The SMILES string of the molecule is Cc1cc(I)ccc1Nc1c(C(=O)NCCCN(C)C)cc(Br)c(F)c1F.Cc1cc(I)ccc1Nc1c(C(=O)NCCN2CCOCC2)cc(Br)c(F)c1F. The van der Waals surface area contributed by atoms with Crippen LogP contribution < -0.4 is 21.3 Å². The summed E-state index contributed by atoms with van der Waals surface area (Å²) in [6, 6.07) is 13.7. The lowest BCUT2D eigenvalue weighted by Crippen LogP contribution is -2.41. The fourth-order valence-corrected chi connectivity index (χ4v) is 7.64. The number of morpholine rings is 1. The van der Waals surface area contributed by atoms with E-state index in [1.807, 2.05) is 57.1 Å². The summed E-state index contributed by atoms with van der Waals surface area (Å²) in [5.74, 6) is -5.20. The predicted molar refractivity (Wildman–Crippen MR) is 238 cm³/mol. The lowest BCUT2D eigenvalue weighted by Gasteiger charge is -2.26. The van der Waals surface area contributed by atoms with Crippen LogP contribution >= 0.6 is 77.0 Å². The maximum Gasteiger partial charge on any atom is 0.253 e. The zero-order valence-corrected chi connectivity index (χ0v) is 38.6. The molecule has 1 aliphatic rings. The largest absolute Gasteiger partial charge is 0.379 e. The molecule has 0 atom stereocenters. The molecule has 0 radical (unpaired) electrons. The van der Waals surface area contributed by atoms with Crippen LogP contribution in [0.5, 0.6) is 0 Å². The number of nitrogens with zero attached hydrogens (tertiary/aromatic N) is 2. The summed E-state index contributed by atoms with van der Waals surface area (Å²) in [5.41, 5.74) is 2.66. The molecule has 17 heteroatoms. The third-order valence-electron chi connectivity index (χ3n) is 8.60. The third-order valence-corrected chi connectivity index (χ3v) is 11.1. The first-order valence-electron chi connectivity index (χ1n) is 17.5. The van der Waals surface area contributed by atoms with E-state index in [0.717, 1.165) is 44.3 Å². The van der Waals surface area contributed by atoms with Gasteiger partial charge in [0.25, 0.3) is 11.8 Å². The Morgan fingerprint density at radius 2 is 1.18 bits per heavy atom. The maximum absolute atomic E-state index is 14.7. The van der Waals surface area contributed by atoms with Gasteiger partial charge in [-0.1, -0.05) is 0 Å². The number of anilines is 4. The molecule has 302 valence electrons. The first-order chi connectivity index (χ1) is 26.6. The van der Waals surface area contributed by atoms with Gasteiger partial charge >= 0.3 is 0 Å². The number of rotatable bonds is 13. The van der Waals surface area contributed by atoms with Crippen molar-refractivity contribution in [2.75, 3.05) is 77.2 Å². The van der Waals surface area contributed by atoms with Crippen molar-refractivity contribution in [2.24, 2.45) is 0 Å². The van der Waals surface area contributed by atoms with E-state index in [-0.39, 0.29) is 31.4 Å². The summed E-state index contributed by atoms with van der Waals surface area (Å²) in [6.07, 6.45) is 0.753. The zero-order chi connectivity index (χ0) is 41.1. The van der Waals surface area contributed by atoms with Crippen LogP contribution in [0.1, 0.15) is 38.3 Å². The van der Waals surface area contributed by atoms with Crippen molar-refractivity contribution in [1.29, 1.82) is 0 Å². The normalized spacial score (nSPS) is 12.9. The quantitative estimate of drug-likeness (QED) is 0.0459. The van der Waals surface area contributed by atoms with Gasteiger partial charge in [-0.3, -0.25) is 14.5 Å². The second-order valence-corrected chi connectivity index (χ2v) is 17.3. The van der Waals surface area contributed by atoms with Gasteiger partial charge in [-0.05, 0) is 178 Å². The third kappa shape index (κ3) is 13.0. The van der Waals surface area contributed by atoms with Crippen molar-refractivity contribution in [3.63, 3.8) is 0 Å². The Morgan fingerprint density at radius 1 is 0.732 bits per heavy atom. The van der Waals surface area contributed by atoms with Gasteiger partial charge in [-0.25, -0.2) is 17.6 Å². The van der Waals surface area contributed by atoms with E-state index in [2.05, 4.69) is 103 Å². The molecule has 56 heavy (non-hydrogen) atoms. The van der Waals surface area contributed by atoms with Gasteiger partial charge < -0.3 is 30.9 Å². The minimum atomic E-state index is -1.10. The summed E-state index contributed by atoms with van der Waals surface area (Å²) in [4.78, 5) is 29.5. The van der Waals surface area contributed by atoms with Crippen LogP contribution in [-0.2, 0) is 4.74 Å². The number of benzene rings is 4. The molecule has 4 aromatic carbocycles. The first kappa shape index (κ1) is 46.1. The zero-order valence-electron chi connectivity index (χ0n) is 31.1. The average molecular weight is 1130 g/mol. The van der Waals surface area contributed by atoms with Gasteiger partial charge in [-0.2, -0.15) is 0 Å². The van der Waals surface area contributed by atoms with Gasteiger partial charge in [0.2, 0.25) is 0 Å². The lowest BCUT2D eigenvalue weighted by molar-refractivity contribution is 0.0383. The fourth-order valence-electron chi connectivity index (χ4n) is 5.54. The van der Waals surface area contributed by atoms with Gasteiger partial charge in [-0.15, -0.1) is 0 Å². The number of amides is 2. The van der Waals surface area contributed by atoms with E-state index >= 15 is 0 Å². The highest BCUT2D eigenvalue weighted by Gasteiger charge is 2.24. The summed E-state index contributed by atoms with van der Waals surface area (Å²) in [6.45, 7) is 9.01. The molecule has 0 saturated carbocycles. The smallest absolute Gasteiger partial charge is 0.253 e. The van der Waals surface area contributed by atoms with Gasteiger partial charge in [0.15, 0.2) is 23.3 Å². The number of hydrogen-bond donors (Lipinski definition) is 4. The molecule has 9 nitrogen and oxygen atoms in total. The van der Waals surface area contributed by atoms with Gasteiger partial charge in [0.1, 0.15) is 0 Å². The maximum atomic E-state index is 14.7. The second kappa shape index (κ2) is 22.0. The number of carbonyl (C=O) groups excluding carboxylic acids is 2. The Bertz CT molecular complexity index is 2040. The number of ether oxygens (including phenoxy) is 1. The Labute approximate surface area is 368 Å². The van der Waals surface area contributed by atoms with Crippen molar-refractivity contribution in [2.45, 2.75) is 20.3 Å². The monoisotopic (exact) mass is 1130 g/mol. The van der Waals surface area contributed by atoms with Crippen molar-refractivity contribution in [1.82, 2.24) is 20.4 Å². The molecular formula is C39H42Br2F4I2N6O3. The molecule has 1 fully saturated rings. The summed E-state index contributed by atoms with van der Waals surface area (Å²) in [5, 5.41) is 11.3. The number of carbonyl (C=O) groups is 2. The molecule has 0 unspecified atom stereocenters. The molecular weight excluding hydrogens is 1090 g/mol. The molecule has 1 heterocycles. The topological polar surface area (TPSA) is 98.0 Å². The van der Waals surface area contributed by atoms with Crippen LogP contribution in [0.25, 0.3) is 0 Å². The van der Waals surface area contributed by atoms with Crippen LogP contribution in [0.2, 0.25) is 0 Å². The molecule has 4 N–H and O–H groups in total. The van der Waals surface area contributed by atoms with Crippen LogP contribution in [0, 0.1) is 44.3 Å². The molecule has 0 spiro atoms. The Morgan fingerprint density at radius 3 is 1.61 bits per heavy atom. The highest BCUT2D eigenvalue weighted by molar-refractivity contribution is 14.1. The summed E-state index contributed by atoms with van der Waals surface area (Å²) in [7, 11) is 3.89. The van der Waals surface area contributed by atoms with Crippen molar-refractivity contribution in [3.05, 3.63) is 110 Å². The van der Waals surface area contributed by atoms with Crippen molar-refractivity contribution in [3.8, 4) is 0 Å². The fraction of sp³-hybridized carbons (Fsp3) is 0.333. The molecule has 0 bridgehead atoms. The van der Waals surface area contributed by atoms with E-state index < -0.39 is 35.1 Å². The van der Waals surface area contributed by atoms with Crippen LogP contribution in [0.15, 0.2) is 57.5 Å². The van der Waals surface area contributed by atoms with Gasteiger partial charge in [0, 0.05) is 51.2 Å². The Kier molecular flexibility index (Phi) is 18.1. The molecule has 1 saturated heterocycles. The van der Waals surface area contributed by atoms with E-state index in [0.29, 0.717) is 44.2 Å². The van der Waals surface area contributed by atoms with Crippen molar-refractivity contribution >= 4 is 112 Å². The van der Waals surface area contributed by atoms with E-state index in [1.54, 1.807) is 12.1 Å². The number of nitrogens with one attached hydrogen (secondary N) is 4. The summed E-state index contributed by atoms with van der Waals surface area (Å²) >= 11 is 10.3. The molecule has 2 amide bonds. The lowest BCUT2D eigenvalue weighted by atomic mass is 10.1. The molecule has 4 aromatic rings. The number of hydrogen-bond acceptors (Lipinski definition) is 7. The molecule has 0 aromatic heterocycles. The predicted octanol–water partition coefficient (Wildman–Crippen LogP) is 9.51. The standard InChI is InChI=1S/C20H21BrF2IN3O2.C19H21BrF2IN3O/c1-12-10-13(24)2-3-16(12)26-19-14(11-15(21)17(22)18(19)23)20(28)25-4-5-27-6-8-29-9-7-27;1-11-9-12(23)5-6-15(11)25-18-13(10-14(20)16(21)17(18)22)19(27)24-7-4-8-26(2)3/h2-3,10-11,26H,4-9H2,1H3,(H,25,28);5-6,9-10,25H,4,7-8H2,1-3H3,(H,24,27). The molecule has 1 aliphatic heterocycles. The highest BCUT2D eigenvalue weighted by atomic mass is 127. The van der Waals surface area contributed by atoms with Crippen LogP contribution in [-0.4, -0.2) is 88.2 Å². The highest BCUT2D eigenvalue weighted by Crippen LogP contribution is 2.34. The average Bonchev–Trinajstić information content (AvgIpc) is 3.15. The van der Waals surface area contributed by atoms with Crippen LogP contribution in [0.4, 0.5) is 40.3 Å². The second-order valence-electron chi connectivity index (χ2n) is 13.1. The van der Waals surface area contributed by atoms with Gasteiger partial charge in [0.05, 0.1) is 44.7 Å². The van der Waals surface area contributed by atoms with E-state index in [4.69, 9.17) is 4.74 Å². The Balaban J connectivity index is 0.000000249. The molecule has 5 rings (SSSR count). The number of halogens is 8. The minimum absolute atomic E-state index is 0.0377. The van der Waals surface area contributed by atoms with E-state index in [1.165, 1.54) is 12.1 Å².